The summed E-state index contributed by atoms with van der Waals surface area (Å²) in [4.78, 5) is 10.3. The van der Waals surface area contributed by atoms with Crippen molar-refractivity contribution in [3.8, 4) is 0 Å². The topological polar surface area (TPSA) is 49.3 Å². The van der Waals surface area contributed by atoms with Gasteiger partial charge in [0.05, 0.1) is 0 Å². The van der Waals surface area contributed by atoms with E-state index in [1.165, 1.54) is 6.08 Å². The maximum Gasteiger partial charge on any atom is 0.328 e. The minimum Gasteiger partial charge on any atom is -0.478 e. The molecule has 3 heteroatoms. The molecule has 0 aromatic carbocycles. The molecule has 0 saturated heterocycles. The summed E-state index contributed by atoms with van der Waals surface area (Å²) in [6.45, 7) is 0. The van der Waals surface area contributed by atoms with E-state index in [1.807, 2.05) is 7.05 Å². The SMILES string of the molecule is CNC1CCC(=CC(=O)O)CC1. The van der Waals surface area contributed by atoms with Gasteiger partial charge in [0.15, 0.2) is 0 Å². The first-order valence-electron chi connectivity index (χ1n) is 4.32. The second kappa shape index (κ2) is 4.26. The number of allylic oxidation sites excluding steroid dienone is 1. The van der Waals surface area contributed by atoms with Crippen molar-refractivity contribution in [2.75, 3.05) is 7.05 Å². The zero-order chi connectivity index (χ0) is 8.97. The third kappa shape index (κ3) is 2.66. The summed E-state index contributed by atoms with van der Waals surface area (Å²) in [5.41, 5.74) is 1.08. The Balaban J connectivity index is 2.40. The summed E-state index contributed by atoms with van der Waals surface area (Å²) in [6, 6.07) is 0.580. The van der Waals surface area contributed by atoms with Gasteiger partial charge in [-0.05, 0) is 32.7 Å². The first-order valence-corrected chi connectivity index (χ1v) is 4.32. The Hall–Kier alpha value is -0.830. The normalized spacial score (nSPS) is 23.8. The zero-order valence-electron chi connectivity index (χ0n) is 7.34. The van der Waals surface area contributed by atoms with Crippen LogP contribution >= 0.6 is 0 Å². The van der Waals surface area contributed by atoms with Crippen LogP contribution in [0.1, 0.15) is 25.7 Å². The number of carboxylic acid groups (broad SMARTS) is 1. The first-order chi connectivity index (χ1) is 5.72. The molecule has 0 heterocycles. The molecule has 0 bridgehead atoms. The van der Waals surface area contributed by atoms with Crippen LogP contribution in [0.2, 0.25) is 0 Å². The summed E-state index contributed by atoms with van der Waals surface area (Å²) in [7, 11) is 1.95. The van der Waals surface area contributed by atoms with Gasteiger partial charge >= 0.3 is 5.97 Å². The molecular weight excluding hydrogens is 154 g/mol. The van der Waals surface area contributed by atoms with Gasteiger partial charge in [0.1, 0.15) is 0 Å². The van der Waals surface area contributed by atoms with Crippen LogP contribution in [0.25, 0.3) is 0 Å². The van der Waals surface area contributed by atoms with Gasteiger partial charge in [0, 0.05) is 12.1 Å². The summed E-state index contributed by atoms with van der Waals surface area (Å²) in [5.74, 6) is -0.812. The van der Waals surface area contributed by atoms with Crippen molar-refractivity contribution < 1.29 is 9.90 Å². The van der Waals surface area contributed by atoms with E-state index in [-0.39, 0.29) is 0 Å². The number of carboxylic acids is 1. The highest BCUT2D eigenvalue weighted by Gasteiger charge is 2.14. The lowest BCUT2D eigenvalue weighted by Gasteiger charge is -2.22. The molecule has 1 rings (SSSR count). The third-order valence-electron chi connectivity index (χ3n) is 2.36. The summed E-state index contributed by atoms with van der Waals surface area (Å²) < 4.78 is 0. The van der Waals surface area contributed by atoms with Crippen LogP contribution in [-0.2, 0) is 4.79 Å². The van der Waals surface area contributed by atoms with Gasteiger partial charge in [-0.2, -0.15) is 0 Å². The average Bonchev–Trinajstić information content (AvgIpc) is 2.05. The fraction of sp³-hybridized carbons (Fsp3) is 0.667. The maximum absolute atomic E-state index is 10.3. The van der Waals surface area contributed by atoms with Crippen LogP contribution in [0.5, 0.6) is 0 Å². The van der Waals surface area contributed by atoms with Crippen molar-refractivity contribution in [2.24, 2.45) is 0 Å². The Morgan fingerprint density at radius 2 is 2.17 bits per heavy atom. The van der Waals surface area contributed by atoms with E-state index >= 15 is 0 Å². The predicted molar refractivity (Wildman–Crippen MR) is 47.0 cm³/mol. The van der Waals surface area contributed by atoms with E-state index in [9.17, 15) is 4.79 Å². The van der Waals surface area contributed by atoms with Crippen molar-refractivity contribution in [3.05, 3.63) is 11.6 Å². The zero-order valence-corrected chi connectivity index (χ0v) is 7.34. The van der Waals surface area contributed by atoms with Gasteiger partial charge in [0.25, 0.3) is 0 Å². The second-order valence-electron chi connectivity index (χ2n) is 3.20. The lowest BCUT2D eigenvalue weighted by molar-refractivity contribution is -0.131. The molecule has 0 unspecified atom stereocenters. The molecule has 0 aliphatic heterocycles. The molecule has 0 aromatic rings. The predicted octanol–water partition coefficient (Wildman–Crippen LogP) is 1.16. The van der Waals surface area contributed by atoms with Crippen LogP contribution in [0.4, 0.5) is 0 Å². The summed E-state index contributed by atoms with van der Waals surface area (Å²) in [6.07, 6.45) is 5.34. The Labute approximate surface area is 72.5 Å². The second-order valence-corrected chi connectivity index (χ2v) is 3.20. The average molecular weight is 169 g/mol. The molecule has 68 valence electrons. The minimum atomic E-state index is -0.812. The molecule has 1 aliphatic rings. The highest BCUT2D eigenvalue weighted by Crippen LogP contribution is 2.22. The molecule has 3 nitrogen and oxygen atoms in total. The fourth-order valence-electron chi connectivity index (χ4n) is 1.60. The lowest BCUT2D eigenvalue weighted by Crippen LogP contribution is -2.27. The Morgan fingerprint density at radius 3 is 2.58 bits per heavy atom. The minimum absolute atomic E-state index is 0.580. The number of nitrogens with one attached hydrogen (secondary N) is 1. The standard InChI is InChI=1S/C9H15NO2/c1-10-8-4-2-7(3-5-8)6-9(11)12/h6,8,10H,2-5H2,1H3,(H,11,12). The molecule has 0 aromatic heterocycles. The van der Waals surface area contributed by atoms with Gasteiger partial charge in [-0.1, -0.05) is 5.57 Å². The molecule has 1 aliphatic carbocycles. The van der Waals surface area contributed by atoms with Crippen molar-refractivity contribution in [1.82, 2.24) is 5.32 Å². The van der Waals surface area contributed by atoms with E-state index in [1.54, 1.807) is 0 Å². The monoisotopic (exact) mass is 169 g/mol. The number of hydrogen-bond acceptors (Lipinski definition) is 2. The fourth-order valence-corrected chi connectivity index (χ4v) is 1.60. The molecule has 0 radical (unpaired) electrons. The van der Waals surface area contributed by atoms with Gasteiger partial charge < -0.3 is 10.4 Å². The quantitative estimate of drug-likeness (QED) is 0.610. The van der Waals surface area contributed by atoms with E-state index in [4.69, 9.17) is 5.11 Å². The van der Waals surface area contributed by atoms with Crippen LogP contribution in [0, 0.1) is 0 Å². The molecule has 0 atom stereocenters. The van der Waals surface area contributed by atoms with E-state index in [0.29, 0.717) is 6.04 Å². The van der Waals surface area contributed by atoms with Gasteiger partial charge in [-0.3, -0.25) is 0 Å². The van der Waals surface area contributed by atoms with E-state index in [2.05, 4.69) is 5.32 Å². The van der Waals surface area contributed by atoms with Gasteiger partial charge in [-0.25, -0.2) is 4.79 Å². The summed E-state index contributed by atoms with van der Waals surface area (Å²) >= 11 is 0. The first kappa shape index (κ1) is 9.26. The molecule has 1 fully saturated rings. The number of rotatable bonds is 2. The highest BCUT2D eigenvalue weighted by atomic mass is 16.4. The molecule has 12 heavy (non-hydrogen) atoms. The van der Waals surface area contributed by atoms with Crippen LogP contribution in [0.15, 0.2) is 11.6 Å². The van der Waals surface area contributed by atoms with Crippen molar-refractivity contribution in [3.63, 3.8) is 0 Å². The van der Waals surface area contributed by atoms with Crippen LogP contribution < -0.4 is 5.32 Å². The van der Waals surface area contributed by atoms with Gasteiger partial charge in [-0.15, -0.1) is 0 Å². The Kier molecular flexibility index (Phi) is 3.29. The third-order valence-corrected chi connectivity index (χ3v) is 2.36. The van der Waals surface area contributed by atoms with Gasteiger partial charge in [0.2, 0.25) is 0 Å². The molecule has 0 spiro atoms. The molecular formula is C9H15NO2. The van der Waals surface area contributed by atoms with E-state index in [0.717, 1.165) is 31.3 Å². The molecule has 2 N–H and O–H groups in total. The van der Waals surface area contributed by atoms with Crippen LogP contribution in [0.3, 0.4) is 0 Å². The lowest BCUT2D eigenvalue weighted by atomic mass is 9.91. The van der Waals surface area contributed by atoms with Crippen molar-refractivity contribution in [2.45, 2.75) is 31.7 Å². The largest absolute Gasteiger partial charge is 0.478 e. The Bertz CT molecular complexity index is 189. The van der Waals surface area contributed by atoms with Crippen LogP contribution in [-0.4, -0.2) is 24.2 Å². The molecule has 1 saturated carbocycles. The number of aliphatic carboxylic acids is 1. The molecule has 0 amide bonds. The van der Waals surface area contributed by atoms with Crippen molar-refractivity contribution in [1.29, 1.82) is 0 Å². The number of carbonyl (C=O) groups is 1. The Morgan fingerprint density at radius 1 is 1.58 bits per heavy atom. The van der Waals surface area contributed by atoms with Crippen molar-refractivity contribution >= 4 is 5.97 Å². The maximum atomic E-state index is 10.3. The smallest absolute Gasteiger partial charge is 0.328 e. The summed E-state index contributed by atoms with van der Waals surface area (Å²) in [5, 5.41) is 11.7. The number of hydrogen-bond donors (Lipinski definition) is 2. The van der Waals surface area contributed by atoms with E-state index < -0.39 is 5.97 Å². The highest BCUT2D eigenvalue weighted by molar-refractivity contribution is 5.80.